The van der Waals surface area contributed by atoms with E-state index >= 15 is 0 Å². The standard InChI is InChI=1S/C16H25NO/c1-15(18)17(2)14-10-5-3-4-7-11-16-12-8-6-9-13-16/h6,8-9,12-13H,3-5,7,10-11,14H2,1-2H3. The smallest absolute Gasteiger partial charge is 0.219 e. The van der Waals surface area contributed by atoms with E-state index in [4.69, 9.17) is 0 Å². The van der Waals surface area contributed by atoms with Gasteiger partial charge in [-0.1, -0.05) is 49.6 Å². The average molecular weight is 247 g/mol. The van der Waals surface area contributed by atoms with Crippen molar-refractivity contribution in [1.82, 2.24) is 4.90 Å². The predicted octanol–water partition coefficient (Wildman–Crippen LogP) is 3.66. The Morgan fingerprint density at radius 3 is 2.28 bits per heavy atom. The minimum absolute atomic E-state index is 0.166. The van der Waals surface area contributed by atoms with Crippen LogP contribution in [0.4, 0.5) is 0 Å². The van der Waals surface area contributed by atoms with Crippen LogP contribution in [-0.2, 0) is 11.2 Å². The lowest BCUT2D eigenvalue weighted by atomic mass is 10.1. The summed E-state index contributed by atoms with van der Waals surface area (Å²) in [6, 6.07) is 10.7. The summed E-state index contributed by atoms with van der Waals surface area (Å²) in [4.78, 5) is 12.8. The van der Waals surface area contributed by atoms with E-state index in [1.165, 1.54) is 37.7 Å². The minimum atomic E-state index is 0.166. The SMILES string of the molecule is CC(=O)N(C)CCCCCCCc1ccccc1. The highest BCUT2D eigenvalue weighted by Crippen LogP contribution is 2.09. The molecule has 0 saturated heterocycles. The van der Waals surface area contributed by atoms with Crippen LogP contribution in [0, 0.1) is 0 Å². The summed E-state index contributed by atoms with van der Waals surface area (Å²) < 4.78 is 0. The third kappa shape index (κ3) is 6.43. The zero-order valence-corrected chi connectivity index (χ0v) is 11.7. The number of nitrogens with zero attached hydrogens (tertiary/aromatic N) is 1. The molecule has 18 heavy (non-hydrogen) atoms. The summed E-state index contributed by atoms with van der Waals surface area (Å²) in [5, 5.41) is 0. The number of hydrogen-bond acceptors (Lipinski definition) is 1. The molecule has 0 bridgehead atoms. The highest BCUT2D eigenvalue weighted by Gasteiger charge is 2.00. The van der Waals surface area contributed by atoms with Crippen molar-refractivity contribution in [2.75, 3.05) is 13.6 Å². The van der Waals surface area contributed by atoms with Crippen LogP contribution in [0.2, 0.25) is 0 Å². The van der Waals surface area contributed by atoms with Gasteiger partial charge in [0.1, 0.15) is 0 Å². The van der Waals surface area contributed by atoms with E-state index < -0.39 is 0 Å². The maximum atomic E-state index is 11.0. The molecule has 0 unspecified atom stereocenters. The normalized spacial score (nSPS) is 10.3. The van der Waals surface area contributed by atoms with Crippen LogP contribution in [0.5, 0.6) is 0 Å². The first kappa shape index (κ1) is 14.7. The molecular formula is C16H25NO. The Morgan fingerprint density at radius 1 is 1.00 bits per heavy atom. The molecule has 1 aromatic rings. The van der Waals surface area contributed by atoms with E-state index in [1.807, 2.05) is 7.05 Å². The van der Waals surface area contributed by atoms with Crippen LogP contribution in [0.1, 0.15) is 44.6 Å². The third-order valence-electron chi connectivity index (χ3n) is 3.34. The second-order valence-electron chi connectivity index (χ2n) is 4.94. The van der Waals surface area contributed by atoms with Crippen molar-refractivity contribution >= 4 is 5.91 Å². The fourth-order valence-electron chi connectivity index (χ4n) is 2.01. The first-order valence-electron chi connectivity index (χ1n) is 6.96. The van der Waals surface area contributed by atoms with Gasteiger partial charge >= 0.3 is 0 Å². The molecule has 1 aromatic carbocycles. The fraction of sp³-hybridized carbons (Fsp3) is 0.562. The van der Waals surface area contributed by atoms with E-state index in [9.17, 15) is 4.79 Å². The second kappa shape index (κ2) is 8.73. The van der Waals surface area contributed by atoms with E-state index in [0.29, 0.717) is 0 Å². The van der Waals surface area contributed by atoms with Crippen molar-refractivity contribution in [1.29, 1.82) is 0 Å². The van der Waals surface area contributed by atoms with Crippen LogP contribution >= 0.6 is 0 Å². The van der Waals surface area contributed by atoms with E-state index in [0.717, 1.165) is 13.0 Å². The number of aryl methyl sites for hydroxylation is 1. The van der Waals surface area contributed by atoms with Crippen molar-refractivity contribution in [3.05, 3.63) is 35.9 Å². The number of hydrogen-bond donors (Lipinski definition) is 0. The Labute approximate surface area is 111 Å². The van der Waals surface area contributed by atoms with Crippen LogP contribution in [-0.4, -0.2) is 24.4 Å². The summed E-state index contributed by atoms with van der Waals surface area (Å²) in [6.07, 6.45) is 7.38. The number of rotatable bonds is 8. The highest BCUT2D eigenvalue weighted by molar-refractivity contribution is 5.72. The van der Waals surface area contributed by atoms with Gasteiger partial charge in [-0.3, -0.25) is 4.79 Å². The average Bonchev–Trinajstić information content (AvgIpc) is 2.38. The molecule has 0 N–H and O–H groups in total. The molecule has 0 aliphatic rings. The van der Waals surface area contributed by atoms with Crippen molar-refractivity contribution in [2.45, 2.75) is 45.4 Å². The topological polar surface area (TPSA) is 20.3 Å². The number of carbonyl (C=O) groups is 1. The monoisotopic (exact) mass is 247 g/mol. The maximum absolute atomic E-state index is 11.0. The van der Waals surface area contributed by atoms with Gasteiger partial charge < -0.3 is 4.90 Å². The zero-order valence-electron chi connectivity index (χ0n) is 11.7. The lowest BCUT2D eigenvalue weighted by Gasteiger charge is -2.13. The summed E-state index contributed by atoms with van der Waals surface area (Å²) in [5.74, 6) is 0.166. The summed E-state index contributed by atoms with van der Waals surface area (Å²) in [6.45, 7) is 2.52. The van der Waals surface area contributed by atoms with Crippen LogP contribution in [0.15, 0.2) is 30.3 Å². The number of unbranched alkanes of at least 4 members (excludes halogenated alkanes) is 4. The van der Waals surface area contributed by atoms with Gasteiger partial charge in [0.15, 0.2) is 0 Å². The molecular weight excluding hydrogens is 222 g/mol. The summed E-state index contributed by atoms with van der Waals surface area (Å²) in [7, 11) is 1.87. The predicted molar refractivity (Wildman–Crippen MR) is 76.5 cm³/mol. The quantitative estimate of drug-likeness (QED) is 0.642. The summed E-state index contributed by atoms with van der Waals surface area (Å²) >= 11 is 0. The Kier molecular flexibility index (Phi) is 7.16. The Hall–Kier alpha value is -1.31. The molecule has 100 valence electrons. The van der Waals surface area contributed by atoms with Crippen LogP contribution < -0.4 is 0 Å². The lowest BCUT2D eigenvalue weighted by Crippen LogP contribution is -2.24. The van der Waals surface area contributed by atoms with Gasteiger partial charge in [0.25, 0.3) is 0 Å². The molecule has 2 heteroatoms. The third-order valence-corrected chi connectivity index (χ3v) is 3.34. The molecule has 0 heterocycles. The number of carbonyl (C=O) groups excluding carboxylic acids is 1. The molecule has 1 amide bonds. The zero-order chi connectivity index (χ0) is 13.2. The van der Waals surface area contributed by atoms with Crippen molar-refractivity contribution in [3.8, 4) is 0 Å². The molecule has 0 aromatic heterocycles. The van der Waals surface area contributed by atoms with E-state index in [1.54, 1.807) is 11.8 Å². The first-order chi connectivity index (χ1) is 8.70. The summed E-state index contributed by atoms with van der Waals surface area (Å²) in [5.41, 5.74) is 1.44. The van der Waals surface area contributed by atoms with E-state index in [2.05, 4.69) is 30.3 Å². The number of amides is 1. The van der Waals surface area contributed by atoms with Crippen LogP contribution in [0.3, 0.4) is 0 Å². The van der Waals surface area contributed by atoms with Gasteiger partial charge in [-0.15, -0.1) is 0 Å². The largest absolute Gasteiger partial charge is 0.346 e. The molecule has 0 aliphatic heterocycles. The van der Waals surface area contributed by atoms with Crippen molar-refractivity contribution in [2.24, 2.45) is 0 Å². The maximum Gasteiger partial charge on any atom is 0.219 e. The fourth-order valence-corrected chi connectivity index (χ4v) is 2.01. The Bertz CT molecular complexity index is 334. The molecule has 2 nitrogen and oxygen atoms in total. The molecule has 0 aliphatic carbocycles. The number of benzene rings is 1. The second-order valence-corrected chi connectivity index (χ2v) is 4.94. The van der Waals surface area contributed by atoms with Crippen LogP contribution in [0.25, 0.3) is 0 Å². The van der Waals surface area contributed by atoms with Gasteiger partial charge in [-0.05, 0) is 24.8 Å². The molecule has 1 rings (SSSR count). The lowest BCUT2D eigenvalue weighted by molar-refractivity contribution is -0.127. The molecule has 0 atom stereocenters. The molecule has 0 spiro atoms. The van der Waals surface area contributed by atoms with Crippen molar-refractivity contribution in [3.63, 3.8) is 0 Å². The van der Waals surface area contributed by atoms with Gasteiger partial charge in [0, 0.05) is 20.5 Å². The van der Waals surface area contributed by atoms with Gasteiger partial charge in [-0.25, -0.2) is 0 Å². The highest BCUT2D eigenvalue weighted by atomic mass is 16.2. The van der Waals surface area contributed by atoms with Crippen molar-refractivity contribution < 1.29 is 4.79 Å². The molecule has 0 fully saturated rings. The van der Waals surface area contributed by atoms with Gasteiger partial charge in [-0.2, -0.15) is 0 Å². The Morgan fingerprint density at radius 2 is 1.61 bits per heavy atom. The van der Waals surface area contributed by atoms with Gasteiger partial charge in [0.05, 0.1) is 0 Å². The Balaban J connectivity index is 1.95. The molecule has 0 saturated carbocycles. The first-order valence-corrected chi connectivity index (χ1v) is 6.96. The molecule has 0 radical (unpaired) electrons. The minimum Gasteiger partial charge on any atom is -0.346 e. The van der Waals surface area contributed by atoms with E-state index in [-0.39, 0.29) is 5.91 Å². The van der Waals surface area contributed by atoms with Gasteiger partial charge in [0.2, 0.25) is 5.91 Å².